The summed E-state index contributed by atoms with van der Waals surface area (Å²) in [6, 6.07) is 12.3. The number of ether oxygens (including phenoxy) is 1. The van der Waals surface area contributed by atoms with E-state index >= 15 is 0 Å². The third-order valence-electron chi connectivity index (χ3n) is 4.81. The maximum Gasteiger partial charge on any atom is 0.322 e. The van der Waals surface area contributed by atoms with E-state index in [0.29, 0.717) is 19.7 Å². The predicted molar refractivity (Wildman–Crippen MR) is 113 cm³/mol. The fraction of sp³-hybridized carbons (Fsp3) is 0.391. The van der Waals surface area contributed by atoms with Gasteiger partial charge in [-0.3, -0.25) is 14.5 Å². The summed E-state index contributed by atoms with van der Waals surface area (Å²) in [7, 11) is 0. The smallest absolute Gasteiger partial charge is 0.322 e. The van der Waals surface area contributed by atoms with Crippen LogP contribution in [0.4, 0.5) is 0 Å². The van der Waals surface area contributed by atoms with Gasteiger partial charge in [0.15, 0.2) is 0 Å². The van der Waals surface area contributed by atoms with E-state index in [-0.39, 0.29) is 19.0 Å². The fourth-order valence-corrected chi connectivity index (χ4v) is 3.25. The molecule has 6 nitrogen and oxygen atoms in total. The molecule has 0 aliphatic carbocycles. The summed E-state index contributed by atoms with van der Waals surface area (Å²) in [6.45, 7) is 9.73. The first-order chi connectivity index (χ1) is 13.8. The van der Waals surface area contributed by atoms with Gasteiger partial charge in [-0.15, -0.1) is 0 Å². The molecule has 0 aliphatic rings. The highest BCUT2D eigenvalue weighted by atomic mass is 16.5. The second-order valence-corrected chi connectivity index (χ2v) is 7.25. The molecule has 0 saturated carbocycles. The minimum atomic E-state index is -1.05. The maximum atomic E-state index is 11.9. The summed E-state index contributed by atoms with van der Waals surface area (Å²) in [4.78, 5) is 24.5. The van der Waals surface area contributed by atoms with E-state index in [1.54, 1.807) is 0 Å². The van der Waals surface area contributed by atoms with Crippen LogP contribution in [0.15, 0.2) is 36.4 Å². The highest BCUT2D eigenvalue weighted by Gasteiger charge is 2.13. The molecule has 2 aromatic carbocycles. The average molecular weight is 399 g/mol. The van der Waals surface area contributed by atoms with Crippen LogP contribution < -0.4 is 10.1 Å². The monoisotopic (exact) mass is 398 g/mol. The summed E-state index contributed by atoms with van der Waals surface area (Å²) < 4.78 is 6.11. The first-order valence-electron chi connectivity index (χ1n) is 9.78. The number of hydrogen-bond donors (Lipinski definition) is 2. The summed E-state index contributed by atoms with van der Waals surface area (Å²) in [5.41, 5.74) is 5.58. The zero-order valence-electron chi connectivity index (χ0n) is 17.6. The number of rotatable bonds is 10. The number of carboxylic acid groups (broad SMARTS) is 1. The molecular weight excluding hydrogens is 368 g/mol. The number of nitrogens with zero attached hydrogens (tertiary/aromatic N) is 1. The van der Waals surface area contributed by atoms with Crippen LogP contribution in [0.1, 0.15) is 34.7 Å². The zero-order chi connectivity index (χ0) is 21.4. The number of nitrogens with one attached hydrogen (secondary N) is 1. The highest BCUT2D eigenvalue weighted by molar-refractivity contribution is 5.82. The van der Waals surface area contributed by atoms with E-state index in [1.807, 2.05) is 37.8 Å². The molecule has 0 aliphatic heterocycles. The van der Waals surface area contributed by atoms with Crippen molar-refractivity contribution in [3.05, 3.63) is 64.2 Å². The van der Waals surface area contributed by atoms with Crippen molar-refractivity contribution < 1.29 is 19.4 Å². The van der Waals surface area contributed by atoms with Crippen molar-refractivity contribution in [2.75, 3.05) is 19.6 Å². The van der Waals surface area contributed by atoms with Crippen molar-refractivity contribution in [1.82, 2.24) is 10.2 Å². The van der Waals surface area contributed by atoms with Crippen molar-refractivity contribution in [2.45, 2.75) is 40.8 Å². The van der Waals surface area contributed by atoms with E-state index in [2.05, 4.69) is 36.5 Å². The van der Waals surface area contributed by atoms with Crippen LogP contribution >= 0.6 is 0 Å². The van der Waals surface area contributed by atoms with Gasteiger partial charge in [0.1, 0.15) is 18.9 Å². The lowest BCUT2D eigenvalue weighted by atomic mass is 10.0. The Balaban J connectivity index is 2.02. The summed E-state index contributed by atoms with van der Waals surface area (Å²) in [5.74, 6) is -0.450. The van der Waals surface area contributed by atoms with Crippen LogP contribution in [0, 0.1) is 20.8 Å². The Hall–Kier alpha value is -2.86. The minimum Gasteiger partial charge on any atom is -0.488 e. The predicted octanol–water partition coefficient (Wildman–Crippen LogP) is 3.21. The molecule has 6 heteroatoms. The van der Waals surface area contributed by atoms with Gasteiger partial charge in [0, 0.05) is 6.54 Å². The molecular formula is C23H30N2O4. The van der Waals surface area contributed by atoms with Gasteiger partial charge in [0.2, 0.25) is 5.91 Å². The topological polar surface area (TPSA) is 78.9 Å². The van der Waals surface area contributed by atoms with Gasteiger partial charge >= 0.3 is 5.97 Å². The number of amides is 1. The molecule has 0 aromatic heterocycles. The quantitative estimate of drug-likeness (QED) is 0.642. The van der Waals surface area contributed by atoms with Gasteiger partial charge in [-0.05, 0) is 55.1 Å². The first kappa shape index (κ1) is 22.4. The molecule has 156 valence electrons. The lowest BCUT2D eigenvalue weighted by Crippen LogP contribution is -2.39. The standard InChI is InChI=1S/C23H30N2O4/c1-5-25(14-21(26)24-12-22(27)28)13-19-10-17(3)23(18(4)11-19)29-15-20-9-7-6-8-16(20)2/h6-11H,5,12-15H2,1-4H3,(H,24,26)(H,27,28). The van der Waals surface area contributed by atoms with E-state index in [0.717, 1.165) is 22.4 Å². The molecule has 29 heavy (non-hydrogen) atoms. The highest BCUT2D eigenvalue weighted by Crippen LogP contribution is 2.26. The van der Waals surface area contributed by atoms with Gasteiger partial charge in [-0.2, -0.15) is 0 Å². The molecule has 0 fully saturated rings. The molecule has 1 amide bonds. The number of carboxylic acids is 1. The lowest BCUT2D eigenvalue weighted by Gasteiger charge is -2.21. The van der Waals surface area contributed by atoms with Crippen molar-refractivity contribution in [2.24, 2.45) is 0 Å². The number of aryl methyl sites for hydroxylation is 3. The minimum absolute atomic E-state index is 0.160. The fourth-order valence-electron chi connectivity index (χ4n) is 3.25. The van der Waals surface area contributed by atoms with E-state index in [4.69, 9.17) is 9.84 Å². The SMILES string of the molecule is CCN(CC(=O)NCC(=O)O)Cc1cc(C)c(OCc2ccccc2C)c(C)c1. The molecule has 0 radical (unpaired) electrons. The largest absolute Gasteiger partial charge is 0.488 e. The number of carbonyl (C=O) groups excluding carboxylic acids is 1. The molecule has 0 bridgehead atoms. The van der Waals surface area contributed by atoms with E-state index in [9.17, 15) is 9.59 Å². The molecule has 0 atom stereocenters. The number of likely N-dealkylation sites (N-methyl/N-ethyl adjacent to an activating group) is 1. The summed E-state index contributed by atoms with van der Waals surface area (Å²) in [6.07, 6.45) is 0. The summed E-state index contributed by atoms with van der Waals surface area (Å²) in [5, 5.41) is 11.1. The van der Waals surface area contributed by atoms with E-state index in [1.165, 1.54) is 11.1 Å². The molecule has 0 heterocycles. The Labute approximate surface area is 172 Å². The van der Waals surface area contributed by atoms with Gasteiger partial charge in [-0.1, -0.05) is 43.3 Å². The van der Waals surface area contributed by atoms with Crippen molar-refractivity contribution in [3.63, 3.8) is 0 Å². The number of carbonyl (C=O) groups is 2. The van der Waals surface area contributed by atoms with Gasteiger partial charge in [0.25, 0.3) is 0 Å². The average Bonchev–Trinajstić information content (AvgIpc) is 2.66. The third kappa shape index (κ3) is 6.91. The molecule has 2 rings (SSSR count). The zero-order valence-corrected chi connectivity index (χ0v) is 17.6. The molecule has 2 N–H and O–H groups in total. The number of hydrogen-bond acceptors (Lipinski definition) is 4. The third-order valence-corrected chi connectivity index (χ3v) is 4.81. The van der Waals surface area contributed by atoms with Gasteiger partial charge in [0.05, 0.1) is 6.54 Å². The van der Waals surface area contributed by atoms with Gasteiger partial charge < -0.3 is 15.2 Å². The van der Waals surface area contributed by atoms with Gasteiger partial charge in [-0.25, -0.2) is 0 Å². The van der Waals surface area contributed by atoms with Crippen LogP contribution in [-0.4, -0.2) is 41.5 Å². The summed E-state index contributed by atoms with van der Waals surface area (Å²) >= 11 is 0. The Morgan fingerprint density at radius 3 is 2.31 bits per heavy atom. The van der Waals surface area contributed by atoms with Crippen LogP contribution in [-0.2, 0) is 22.7 Å². The molecule has 2 aromatic rings. The maximum absolute atomic E-state index is 11.9. The molecule has 0 saturated heterocycles. The Morgan fingerprint density at radius 1 is 1.07 bits per heavy atom. The van der Waals surface area contributed by atoms with Crippen LogP contribution in [0.2, 0.25) is 0 Å². The van der Waals surface area contributed by atoms with Crippen molar-refractivity contribution >= 4 is 11.9 Å². The van der Waals surface area contributed by atoms with Crippen LogP contribution in [0.5, 0.6) is 5.75 Å². The lowest BCUT2D eigenvalue weighted by molar-refractivity contribution is -0.138. The second-order valence-electron chi connectivity index (χ2n) is 7.25. The number of aliphatic carboxylic acids is 1. The Kier molecular flexibility index (Phi) is 8.21. The second kappa shape index (κ2) is 10.6. The normalized spacial score (nSPS) is 10.8. The van der Waals surface area contributed by atoms with Crippen molar-refractivity contribution in [1.29, 1.82) is 0 Å². The van der Waals surface area contributed by atoms with E-state index < -0.39 is 5.97 Å². The molecule has 0 unspecified atom stereocenters. The Bertz CT molecular complexity index is 841. The first-order valence-corrected chi connectivity index (χ1v) is 9.78. The Morgan fingerprint density at radius 2 is 1.72 bits per heavy atom. The van der Waals surface area contributed by atoms with Crippen LogP contribution in [0.25, 0.3) is 0 Å². The number of benzene rings is 2. The van der Waals surface area contributed by atoms with Crippen molar-refractivity contribution in [3.8, 4) is 5.75 Å². The molecule has 0 spiro atoms. The van der Waals surface area contributed by atoms with Crippen LogP contribution in [0.3, 0.4) is 0 Å².